The van der Waals surface area contributed by atoms with E-state index in [0.717, 1.165) is 10.9 Å². The molecule has 1 N–H and O–H groups in total. The molecule has 1 aromatic heterocycles. The second kappa shape index (κ2) is 5.71. The fourth-order valence-electron chi connectivity index (χ4n) is 1.86. The van der Waals surface area contributed by atoms with Crippen LogP contribution in [0.5, 0.6) is 5.75 Å². The molecular weight excluding hydrogens is 272 g/mol. The van der Waals surface area contributed by atoms with Crippen molar-refractivity contribution in [1.29, 1.82) is 0 Å². The smallest absolute Gasteiger partial charge is 0.316 e. The van der Waals surface area contributed by atoms with E-state index in [1.54, 1.807) is 18.3 Å². The number of fused-ring (bicyclic) bond motifs is 1. The monoisotopic (exact) mass is 284 g/mol. The van der Waals surface area contributed by atoms with E-state index < -0.39 is 11.3 Å². The van der Waals surface area contributed by atoms with Crippen LogP contribution in [0.25, 0.3) is 10.9 Å². The van der Waals surface area contributed by atoms with Gasteiger partial charge in [-0.05, 0) is 24.3 Å². The van der Waals surface area contributed by atoms with Crippen LogP contribution in [0.1, 0.15) is 0 Å². The van der Waals surface area contributed by atoms with Gasteiger partial charge >= 0.3 is 11.3 Å². The van der Waals surface area contributed by atoms with E-state index in [1.165, 1.54) is 0 Å². The van der Waals surface area contributed by atoms with Crippen molar-refractivity contribution in [3.8, 4) is 5.75 Å². The van der Waals surface area contributed by atoms with Gasteiger partial charge in [-0.2, -0.15) is 4.21 Å². The molecule has 4 nitrogen and oxygen atoms in total. The molecular formula is C15H12N2O2S. The lowest BCUT2D eigenvalue weighted by Gasteiger charge is -2.08. The summed E-state index contributed by atoms with van der Waals surface area (Å²) in [4.78, 5) is 4.29. The molecule has 2 aromatic carbocycles. The van der Waals surface area contributed by atoms with Crippen LogP contribution in [0, 0.1) is 0 Å². The lowest BCUT2D eigenvalue weighted by molar-refractivity contribution is 0.567. The first kappa shape index (κ1) is 12.6. The third-order valence-electron chi connectivity index (χ3n) is 2.74. The number of hydrogen-bond acceptors (Lipinski definition) is 3. The maximum absolute atomic E-state index is 12.0. The Kier molecular flexibility index (Phi) is 3.60. The highest BCUT2D eigenvalue weighted by Crippen LogP contribution is 2.21. The first-order valence-corrected chi connectivity index (χ1v) is 7.16. The Morgan fingerprint density at radius 1 is 0.950 bits per heavy atom. The van der Waals surface area contributed by atoms with Gasteiger partial charge in [0, 0.05) is 11.6 Å². The summed E-state index contributed by atoms with van der Waals surface area (Å²) in [5, 5.41) is 0.981. The zero-order valence-corrected chi connectivity index (χ0v) is 11.3. The van der Waals surface area contributed by atoms with E-state index in [9.17, 15) is 4.21 Å². The molecule has 0 aliphatic heterocycles. The number of para-hydroxylation sites is 2. The first-order chi connectivity index (χ1) is 9.83. The molecule has 1 atom stereocenters. The maximum atomic E-state index is 12.0. The quantitative estimate of drug-likeness (QED) is 0.799. The highest BCUT2D eigenvalue weighted by molar-refractivity contribution is 7.82. The third-order valence-corrected chi connectivity index (χ3v) is 3.47. The normalized spacial score (nSPS) is 12.0. The molecule has 1 heterocycles. The number of pyridine rings is 1. The Morgan fingerprint density at radius 2 is 1.75 bits per heavy atom. The van der Waals surface area contributed by atoms with E-state index in [-0.39, 0.29) is 0 Å². The molecule has 0 spiro atoms. The first-order valence-electron chi connectivity index (χ1n) is 6.08. The van der Waals surface area contributed by atoms with Crippen molar-refractivity contribution in [2.24, 2.45) is 0 Å². The second-order valence-electron chi connectivity index (χ2n) is 4.11. The van der Waals surface area contributed by atoms with Crippen LogP contribution in [-0.2, 0) is 11.3 Å². The van der Waals surface area contributed by atoms with Gasteiger partial charge in [0.05, 0.1) is 11.2 Å². The van der Waals surface area contributed by atoms with Gasteiger partial charge in [0.15, 0.2) is 0 Å². The van der Waals surface area contributed by atoms with Crippen molar-refractivity contribution in [2.75, 3.05) is 4.72 Å². The van der Waals surface area contributed by atoms with Gasteiger partial charge in [-0.15, -0.1) is 0 Å². The van der Waals surface area contributed by atoms with Gasteiger partial charge in [0.2, 0.25) is 0 Å². The lowest BCUT2D eigenvalue weighted by atomic mass is 10.2. The second-order valence-corrected chi connectivity index (χ2v) is 4.95. The molecule has 0 bridgehead atoms. The fraction of sp³-hybridized carbons (Fsp3) is 0. The number of anilines is 1. The number of rotatable bonds is 4. The highest BCUT2D eigenvalue weighted by atomic mass is 32.2. The van der Waals surface area contributed by atoms with Crippen LogP contribution in [0.15, 0.2) is 66.9 Å². The molecule has 20 heavy (non-hydrogen) atoms. The van der Waals surface area contributed by atoms with Crippen LogP contribution in [0.2, 0.25) is 0 Å². The number of nitrogens with zero attached hydrogens (tertiary/aromatic N) is 1. The van der Waals surface area contributed by atoms with Crippen molar-refractivity contribution >= 4 is 27.9 Å². The van der Waals surface area contributed by atoms with E-state index in [0.29, 0.717) is 11.4 Å². The molecule has 100 valence electrons. The van der Waals surface area contributed by atoms with E-state index >= 15 is 0 Å². The summed E-state index contributed by atoms with van der Waals surface area (Å²) in [6, 6.07) is 18.5. The molecule has 0 amide bonds. The van der Waals surface area contributed by atoms with Crippen LogP contribution in [-0.4, -0.2) is 9.19 Å². The zero-order chi connectivity index (χ0) is 13.8. The average molecular weight is 284 g/mol. The van der Waals surface area contributed by atoms with Gasteiger partial charge in [-0.3, -0.25) is 9.71 Å². The summed E-state index contributed by atoms with van der Waals surface area (Å²) in [5.41, 5.74) is 1.44. The zero-order valence-electron chi connectivity index (χ0n) is 10.5. The molecule has 0 radical (unpaired) electrons. The Bertz CT molecular complexity index is 742. The topological polar surface area (TPSA) is 51.2 Å². The van der Waals surface area contributed by atoms with Crippen LogP contribution < -0.4 is 8.91 Å². The maximum Gasteiger partial charge on any atom is 0.316 e. The summed E-state index contributed by atoms with van der Waals surface area (Å²) < 4.78 is 20.1. The molecule has 3 rings (SSSR count). The lowest BCUT2D eigenvalue weighted by Crippen LogP contribution is -2.11. The van der Waals surface area contributed by atoms with Crippen LogP contribution >= 0.6 is 0 Å². The SMILES string of the molecule is O=S(Nc1cccc2cccnc12)Oc1ccccc1. The Morgan fingerprint density at radius 3 is 2.60 bits per heavy atom. The summed E-state index contributed by atoms with van der Waals surface area (Å²) in [6.45, 7) is 0. The van der Waals surface area contributed by atoms with Crippen molar-refractivity contribution in [3.05, 3.63) is 66.9 Å². The van der Waals surface area contributed by atoms with E-state index in [4.69, 9.17) is 4.18 Å². The molecule has 0 aliphatic carbocycles. The Hall–Kier alpha value is -2.40. The van der Waals surface area contributed by atoms with Crippen molar-refractivity contribution in [2.45, 2.75) is 0 Å². The van der Waals surface area contributed by atoms with Crippen LogP contribution in [0.3, 0.4) is 0 Å². The number of hydrogen-bond donors (Lipinski definition) is 1. The van der Waals surface area contributed by atoms with Gasteiger partial charge < -0.3 is 4.18 Å². The Labute approximate surface area is 119 Å². The molecule has 0 saturated heterocycles. The predicted octanol–water partition coefficient (Wildman–Crippen LogP) is 3.30. The number of nitrogens with one attached hydrogen (secondary N) is 1. The van der Waals surface area contributed by atoms with Gasteiger partial charge in [0.1, 0.15) is 5.75 Å². The molecule has 0 fully saturated rings. The molecule has 3 aromatic rings. The van der Waals surface area contributed by atoms with Crippen molar-refractivity contribution in [3.63, 3.8) is 0 Å². The summed E-state index contributed by atoms with van der Waals surface area (Å²) in [7, 11) is 0. The Balaban J connectivity index is 1.81. The summed E-state index contributed by atoms with van der Waals surface area (Å²) in [5.74, 6) is 0.548. The van der Waals surface area contributed by atoms with E-state index in [2.05, 4.69) is 9.71 Å². The third kappa shape index (κ3) is 2.78. The van der Waals surface area contributed by atoms with Gasteiger partial charge in [-0.25, -0.2) is 0 Å². The minimum atomic E-state index is -1.67. The highest BCUT2D eigenvalue weighted by Gasteiger charge is 2.06. The summed E-state index contributed by atoms with van der Waals surface area (Å²) in [6.07, 6.45) is 1.70. The van der Waals surface area contributed by atoms with Crippen molar-refractivity contribution < 1.29 is 8.39 Å². The molecule has 5 heteroatoms. The molecule has 1 unspecified atom stereocenters. The minimum absolute atomic E-state index is 0.548. The number of benzene rings is 2. The van der Waals surface area contributed by atoms with Crippen molar-refractivity contribution in [1.82, 2.24) is 4.98 Å². The fourth-order valence-corrected chi connectivity index (χ4v) is 2.53. The summed E-state index contributed by atoms with van der Waals surface area (Å²) >= 11 is -1.67. The predicted molar refractivity (Wildman–Crippen MR) is 80.6 cm³/mol. The van der Waals surface area contributed by atoms with Gasteiger partial charge in [-0.1, -0.05) is 36.4 Å². The van der Waals surface area contributed by atoms with Crippen LogP contribution in [0.4, 0.5) is 5.69 Å². The molecule has 0 aliphatic rings. The van der Waals surface area contributed by atoms with E-state index in [1.807, 2.05) is 48.5 Å². The minimum Gasteiger partial charge on any atom is -0.385 e. The largest absolute Gasteiger partial charge is 0.385 e. The average Bonchev–Trinajstić information content (AvgIpc) is 2.48. The van der Waals surface area contributed by atoms with Gasteiger partial charge in [0.25, 0.3) is 0 Å². The molecule has 0 saturated carbocycles. The number of aromatic nitrogens is 1. The standard InChI is InChI=1S/C15H12N2O2S/c18-20(19-13-8-2-1-3-9-13)17-14-10-4-6-12-7-5-11-16-15(12)14/h1-11,17H.